The zero-order valence-corrected chi connectivity index (χ0v) is 14.5. The number of thiophene rings is 1. The van der Waals surface area contributed by atoms with Gasteiger partial charge in [0.05, 0.1) is 22.5 Å². The molecule has 0 atom stereocenters. The van der Waals surface area contributed by atoms with Crippen LogP contribution in [0.4, 0.5) is 26.3 Å². The van der Waals surface area contributed by atoms with Gasteiger partial charge >= 0.3 is 12.4 Å². The van der Waals surface area contributed by atoms with Crippen molar-refractivity contribution in [2.75, 3.05) is 0 Å². The minimum absolute atomic E-state index is 0.0400. The normalized spacial score (nSPS) is 12.2. The molecule has 0 spiro atoms. The fourth-order valence-electron chi connectivity index (χ4n) is 2.29. The Hall–Kier alpha value is -2.82. The van der Waals surface area contributed by atoms with Gasteiger partial charge in [-0.05, 0) is 29.6 Å². The van der Waals surface area contributed by atoms with Crippen LogP contribution >= 0.6 is 11.3 Å². The quantitative estimate of drug-likeness (QED) is 0.578. The van der Waals surface area contributed by atoms with Crippen LogP contribution in [0, 0.1) is 0 Å². The first kappa shape index (κ1) is 19.9. The van der Waals surface area contributed by atoms with Crippen LogP contribution in [0.1, 0.15) is 27.2 Å². The smallest absolute Gasteiger partial charge is 0.355 e. The number of carbonyl (C=O) groups excluding carboxylic acids is 1. The van der Waals surface area contributed by atoms with Gasteiger partial charge in [-0.1, -0.05) is 11.2 Å². The lowest BCUT2D eigenvalue weighted by atomic mass is 10.0. The highest BCUT2D eigenvalue weighted by molar-refractivity contribution is 7.13. The lowest BCUT2D eigenvalue weighted by Crippen LogP contribution is -2.24. The number of hydrogen-bond donors (Lipinski definition) is 1. The molecule has 3 aromatic rings. The van der Waals surface area contributed by atoms with Crippen molar-refractivity contribution in [3.8, 4) is 10.6 Å². The van der Waals surface area contributed by atoms with Crippen LogP contribution < -0.4 is 5.32 Å². The Balaban J connectivity index is 1.78. The second-order valence-corrected chi connectivity index (χ2v) is 6.58. The predicted molar refractivity (Wildman–Crippen MR) is 87.4 cm³/mol. The summed E-state index contributed by atoms with van der Waals surface area (Å²) >= 11 is 1.38. The number of alkyl halides is 6. The van der Waals surface area contributed by atoms with Crippen molar-refractivity contribution in [3.05, 3.63) is 64.2 Å². The van der Waals surface area contributed by atoms with E-state index in [0.29, 0.717) is 17.9 Å². The maximum Gasteiger partial charge on any atom is 0.416 e. The summed E-state index contributed by atoms with van der Waals surface area (Å²) in [5, 5.41) is 7.76. The van der Waals surface area contributed by atoms with Crippen LogP contribution in [0.5, 0.6) is 0 Å². The molecule has 0 radical (unpaired) electrons. The average Bonchev–Trinajstić information content (AvgIpc) is 3.29. The molecule has 0 saturated heterocycles. The third kappa shape index (κ3) is 4.53. The third-order valence-corrected chi connectivity index (χ3v) is 4.49. The van der Waals surface area contributed by atoms with Crippen LogP contribution in [0.2, 0.25) is 0 Å². The van der Waals surface area contributed by atoms with Crippen LogP contribution in [0.15, 0.2) is 46.3 Å². The second kappa shape index (κ2) is 7.30. The highest BCUT2D eigenvalue weighted by Gasteiger charge is 2.37. The maximum absolute atomic E-state index is 12.9. The second-order valence-electron chi connectivity index (χ2n) is 5.64. The summed E-state index contributed by atoms with van der Waals surface area (Å²) in [4.78, 5) is 12.9. The molecule has 28 heavy (non-hydrogen) atoms. The van der Waals surface area contributed by atoms with Gasteiger partial charge in [-0.2, -0.15) is 26.3 Å². The number of aromatic nitrogens is 1. The van der Waals surface area contributed by atoms with E-state index < -0.39 is 35.0 Å². The minimum Gasteiger partial charge on any atom is -0.355 e. The van der Waals surface area contributed by atoms with E-state index in [-0.39, 0.29) is 18.3 Å². The molecule has 2 aromatic heterocycles. The van der Waals surface area contributed by atoms with Gasteiger partial charge in [-0.3, -0.25) is 4.79 Å². The number of benzene rings is 1. The minimum atomic E-state index is -5.03. The fourth-order valence-corrected chi connectivity index (χ4v) is 2.96. The van der Waals surface area contributed by atoms with E-state index in [1.54, 1.807) is 12.1 Å². The zero-order valence-electron chi connectivity index (χ0n) is 13.7. The molecular weight excluding hydrogens is 410 g/mol. The molecule has 1 amide bonds. The van der Waals surface area contributed by atoms with E-state index in [4.69, 9.17) is 4.52 Å². The molecule has 11 heteroatoms. The largest absolute Gasteiger partial charge is 0.416 e. The standard InChI is InChI=1S/C17H10F6N2O2S/c18-16(19,20)10-4-9(5-11(6-10)17(21,22)23)15(26)24-8-12-7-13(27-25-12)14-2-1-3-28-14/h1-7H,8H2,(H,24,26). The third-order valence-electron chi connectivity index (χ3n) is 3.60. The summed E-state index contributed by atoms with van der Waals surface area (Å²) in [5.74, 6) is -0.671. The SMILES string of the molecule is O=C(NCc1cc(-c2cccs2)on1)c1cc(C(F)(F)F)cc(C(F)(F)F)c1. The van der Waals surface area contributed by atoms with Gasteiger partial charge in [0, 0.05) is 11.6 Å². The molecule has 0 aliphatic heterocycles. The maximum atomic E-state index is 12.9. The van der Waals surface area contributed by atoms with E-state index in [0.717, 1.165) is 4.88 Å². The number of amides is 1. The molecule has 3 rings (SSSR count). The number of hydrogen-bond acceptors (Lipinski definition) is 4. The summed E-state index contributed by atoms with van der Waals surface area (Å²) in [6.45, 7) is -0.231. The monoisotopic (exact) mass is 420 g/mol. The summed E-state index contributed by atoms with van der Waals surface area (Å²) < 4.78 is 82.3. The lowest BCUT2D eigenvalue weighted by molar-refractivity contribution is -0.143. The topological polar surface area (TPSA) is 55.1 Å². The van der Waals surface area contributed by atoms with Gasteiger partial charge < -0.3 is 9.84 Å². The first-order chi connectivity index (χ1) is 13.0. The summed E-state index contributed by atoms with van der Waals surface area (Å²) in [7, 11) is 0. The van der Waals surface area contributed by atoms with Gasteiger partial charge in [-0.15, -0.1) is 11.3 Å². The molecule has 4 nitrogen and oxygen atoms in total. The molecule has 0 unspecified atom stereocenters. The van der Waals surface area contributed by atoms with E-state index in [1.165, 1.54) is 17.4 Å². The van der Waals surface area contributed by atoms with Crippen LogP contribution in [0.3, 0.4) is 0 Å². The van der Waals surface area contributed by atoms with Crippen molar-refractivity contribution in [1.29, 1.82) is 0 Å². The Morgan fingerprint density at radius 3 is 2.21 bits per heavy atom. The van der Waals surface area contributed by atoms with E-state index >= 15 is 0 Å². The van der Waals surface area contributed by atoms with Crippen LogP contribution in [-0.4, -0.2) is 11.1 Å². The van der Waals surface area contributed by atoms with Gasteiger partial charge in [0.2, 0.25) is 0 Å². The molecule has 1 N–H and O–H groups in total. The molecule has 0 bridgehead atoms. The average molecular weight is 420 g/mol. The number of nitrogens with one attached hydrogen (secondary N) is 1. The van der Waals surface area contributed by atoms with Crippen molar-refractivity contribution in [3.63, 3.8) is 0 Å². The highest BCUT2D eigenvalue weighted by atomic mass is 32.1. The molecule has 0 saturated carbocycles. The van der Waals surface area contributed by atoms with Gasteiger partial charge in [0.1, 0.15) is 5.69 Å². The van der Waals surface area contributed by atoms with Crippen molar-refractivity contribution in [2.24, 2.45) is 0 Å². The Morgan fingerprint density at radius 1 is 1.04 bits per heavy atom. The van der Waals surface area contributed by atoms with Crippen molar-refractivity contribution < 1.29 is 35.7 Å². The first-order valence-electron chi connectivity index (χ1n) is 7.61. The molecule has 2 heterocycles. The van der Waals surface area contributed by atoms with Gasteiger partial charge in [0.15, 0.2) is 5.76 Å². The Bertz CT molecular complexity index is 944. The molecule has 1 aromatic carbocycles. The fraction of sp³-hybridized carbons (Fsp3) is 0.176. The zero-order chi connectivity index (χ0) is 20.5. The van der Waals surface area contributed by atoms with E-state index in [9.17, 15) is 31.1 Å². The summed E-state index contributed by atoms with van der Waals surface area (Å²) in [6, 6.07) is 5.76. The summed E-state index contributed by atoms with van der Waals surface area (Å²) in [6.07, 6.45) is -10.1. The molecule has 0 aliphatic rings. The Morgan fingerprint density at radius 2 is 1.68 bits per heavy atom. The number of nitrogens with zero attached hydrogens (tertiary/aromatic N) is 1. The van der Waals surface area contributed by atoms with Crippen molar-refractivity contribution in [1.82, 2.24) is 10.5 Å². The van der Waals surface area contributed by atoms with Crippen molar-refractivity contribution >= 4 is 17.2 Å². The number of rotatable bonds is 4. The number of carbonyl (C=O) groups is 1. The van der Waals surface area contributed by atoms with Crippen LogP contribution in [-0.2, 0) is 18.9 Å². The van der Waals surface area contributed by atoms with Crippen molar-refractivity contribution in [2.45, 2.75) is 18.9 Å². The lowest BCUT2D eigenvalue weighted by Gasteiger charge is -2.14. The molecular formula is C17H10F6N2O2S. The molecule has 0 fully saturated rings. The van der Waals surface area contributed by atoms with Crippen LogP contribution in [0.25, 0.3) is 10.6 Å². The highest BCUT2D eigenvalue weighted by Crippen LogP contribution is 2.36. The van der Waals surface area contributed by atoms with Gasteiger partial charge in [-0.25, -0.2) is 0 Å². The predicted octanol–water partition coefficient (Wildman–Crippen LogP) is 5.37. The Labute approximate surface area is 157 Å². The molecule has 148 valence electrons. The first-order valence-corrected chi connectivity index (χ1v) is 8.49. The Kier molecular flexibility index (Phi) is 5.20. The molecule has 0 aliphatic carbocycles. The summed E-state index contributed by atoms with van der Waals surface area (Å²) in [5.41, 5.74) is -3.62. The van der Waals surface area contributed by atoms with Gasteiger partial charge in [0.25, 0.3) is 5.91 Å². The van der Waals surface area contributed by atoms with E-state index in [2.05, 4.69) is 10.5 Å². The number of halogens is 6. The van der Waals surface area contributed by atoms with E-state index in [1.807, 2.05) is 5.38 Å².